The highest BCUT2D eigenvalue weighted by atomic mass is 19.4. The molecule has 7 heteroatoms. The first-order valence-electron chi connectivity index (χ1n) is 8.00. The second kappa shape index (κ2) is 7.79. The summed E-state index contributed by atoms with van der Waals surface area (Å²) in [5, 5.41) is 0. The molecule has 0 N–H and O–H groups in total. The Kier molecular flexibility index (Phi) is 5.99. The van der Waals surface area contributed by atoms with Crippen LogP contribution in [-0.4, -0.2) is 29.5 Å². The molecule has 0 aromatic heterocycles. The van der Waals surface area contributed by atoms with E-state index in [2.05, 4.69) is 0 Å². The lowest BCUT2D eigenvalue weighted by atomic mass is 10.1. The minimum atomic E-state index is -4.54. The molecule has 0 aliphatic carbocycles. The molecule has 0 saturated carbocycles. The van der Waals surface area contributed by atoms with Gasteiger partial charge in [-0.1, -0.05) is 25.8 Å². The van der Waals surface area contributed by atoms with E-state index in [0.29, 0.717) is 13.0 Å². The summed E-state index contributed by atoms with van der Waals surface area (Å²) < 4.78 is 43.9. The van der Waals surface area contributed by atoms with Gasteiger partial charge in [0.25, 0.3) is 5.91 Å². The van der Waals surface area contributed by atoms with Crippen molar-refractivity contribution in [1.29, 1.82) is 0 Å². The van der Waals surface area contributed by atoms with E-state index in [1.807, 2.05) is 6.92 Å². The first-order chi connectivity index (χ1) is 11.3. The van der Waals surface area contributed by atoms with Crippen LogP contribution in [-0.2, 0) is 15.7 Å². The molecule has 0 bridgehead atoms. The van der Waals surface area contributed by atoms with E-state index in [1.54, 1.807) is 0 Å². The zero-order valence-electron chi connectivity index (χ0n) is 13.4. The van der Waals surface area contributed by atoms with Gasteiger partial charge in [0, 0.05) is 25.0 Å². The molecule has 1 aliphatic rings. The van der Waals surface area contributed by atoms with Crippen LogP contribution in [0.5, 0.6) is 0 Å². The summed E-state index contributed by atoms with van der Waals surface area (Å²) in [7, 11) is 0. The molecule has 1 aromatic rings. The molecular formula is C17H20F3NO3. The van der Waals surface area contributed by atoms with Crippen LogP contribution in [0.2, 0.25) is 0 Å². The van der Waals surface area contributed by atoms with Gasteiger partial charge in [-0.05, 0) is 24.6 Å². The second-order valence-electron chi connectivity index (χ2n) is 5.72. The number of carbonyl (C=O) groups is 2. The summed E-state index contributed by atoms with van der Waals surface area (Å²) >= 11 is 0. The average molecular weight is 343 g/mol. The summed E-state index contributed by atoms with van der Waals surface area (Å²) in [5.41, 5.74) is -1.08. The van der Waals surface area contributed by atoms with Gasteiger partial charge in [-0.2, -0.15) is 13.2 Å². The van der Waals surface area contributed by atoms with E-state index in [9.17, 15) is 22.8 Å². The normalized spacial score (nSPS) is 18.2. The Morgan fingerprint density at radius 2 is 2.08 bits per heavy atom. The van der Waals surface area contributed by atoms with Crippen LogP contribution in [0.3, 0.4) is 0 Å². The Bertz CT molecular complexity index is 601. The van der Waals surface area contributed by atoms with Crippen LogP contribution in [0.15, 0.2) is 24.3 Å². The number of ether oxygens (including phenoxy) is 1. The van der Waals surface area contributed by atoms with Gasteiger partial charge in [0.15, 0.2) is 0 Å². The predicted molar refractivity (Wildman–Crippen MR) is 81.1 cm³/mol. The topological polar surface area (TPSA) is 46.6 Å². The average Bonchev–Trinajstić information content (AvgIpc) is 2.91. The predicted octanol–water partition coefficient (Wildman–Crippen LogP) is 4.00. The zero-order chi connectivity index (χ0) is 17.7. The minimum Gasteiger partial charge on any atom is -0.358 e. The van der Waals surface area contributed by atoms with E-state index in [0.717, 1.165) is 42.4 Å². The fourth-order valence-corrected chi connectivity index (χ4v) is 2.60. The molecule has 132 valence electrons. The van der Waals surface area contributed by atoms with Crippen LogP contribution in [0.1, 0.15) is 54.9 Å². The summed E-state index contributed by atoms with van der Waals surface area (Å²) in [6.07, 6.45) is -1.91. The van der Waals surface area contributed by atoms with Crippen LogP contribution in [0, 0.1) is 0 Å². The summed E-state index contributed by atoms with van der Waals surface area (Å²) in [6.45, 7) is 2.46. The Morgan fingerprint density at radius 1 is 1.33 bits per heavy atom. The van der Waals surface area contributed by atoms with Gasteiger partial charge in [0.05, 0.1) is 5.56 Å². The molecule has 1 fully saturated rings. The van der Waals surface area contributed by atoms with E-state index >= 15 is 0 Å². The first-order valence-corrected chi connectivity index (χ1v) is 8.00. The molecule has 1 heterocycles. The monoisotopic (exact) mass is 343 g/mol. The van der Waals surface area contributed by atoms with Crippen molar-refractivity contribution in [3.8, 4) is 0 Å². The van der Waals surface area contributed by atoms with Crippen molar-refractivity contribution in [1.82, 2.24) is 4.90 Å². The molecule has 1 aliphatic heterocycles. The number of unbranched alkanes of at least 4 members (excludes halogenated alkanes) is 2. The maximum atomic E-state index is 12.8. The van der Waals surface area contributed by atoms with Crippen molar-refractivity contribution in [2.24, 2.45) is 0 Å². The summed E-state index contributed by atoms with van der Waals surface area (Å²) in [6, 6.07) is 4.09. The number of likely N-dealkylation sites (tertiary alicyclic amines) is 1. The molecule has 2 rings (SSSR count). The van der Waals surface area contributed by atoms with E-state index in [4.69, 9.17) is 4.74 Å². The highest BCUT2D eigenvalue weighted by Gasteiger charge is 2.38. The highest BCUT2D eigenvalue weighted by Crippen LogP contribution is 2.30. The summed E-state index contributed by atoms with van der Waals surface area (Å²) in [5.74, 6) is -1.16. The van der Waals surface area contributed by atoms with Crippen LogP contribution in [0.25, 0.3) is 0 Å². The van der Waals surface area contributed by atoms with Crippen LogP contribution in [0.4, 0.5) is 13.2 Å². The lowest BCUT2D eigenvalue weighted by Crippen LogP contribution is -2.40. The van der Waals surface area contributed by atoms with E-state index in [1.165, 1.54) is 6.07 Å². The zero-order valence-corrected chi connectivity index (χ0v) is 13.4. The van der Waals surface area contributed by atoms with E-state index in [-0.39, 0.29) is 12.0 Å². The minimum absolute atomic E-state index is 0.156. The lowest BCUT2D eigenvalue weighted by molar-refractivity contribution is -0.137. The van der Waals surface area contributed by atoms with Crippen molar-refractivity contribution in [3.63, 3.8) is 0 Å². The van der Waals surface area contributed by atoms with Gasteiger partial charge >= 0.3 is 6.18 Å². The van der Waals surface area contributed by atoms with Gasteiger partial charge in [-0.3, -0.25) is 14.5 Å². The highest BCUT2D eigenvalue weighted by molar-refractivity contribution is 6.05. The Hall–Kier alpha value is -1.89. The number of rotatable bonds is 6. The van der Waals surface area contributed by atoms with Gasteiger partial charge in [0.1, 0.15) is 6.23 Å². The number of benzene rings is 1. The molecule has 24 heavy (non-hydrogen) atoms. The van der Waals surface area contributed by atoms with Crippen molar-refractivity contribution in [2.75, 3.05) is 6.61 Å². The fourth-order valence-electron chi connectivity index (χ4n) is 2.60. The quantitative estimate of drug-likeness (QED) is 0.579. The molecule has 1 aromatic carbocycles. The molecule has 4 nitrogen and oxygen atoms in total. The third kappa shape index (κ3) is 4.35. The molecule has 0 radical (unpaired) electrons. The second-order valence-corrected chi connectivity index (χ2v) is 5.72. The Labute approximate surface area is 138 Å². The standard InChI is InChI=1S/C17H20F3NO3/c1-2-3-4-10-24-15-9-8-14(22)21(15)16(23)12-6-5-7-13(11-12)17(18,19)20/h5-7,11,15H,2-4,8-10H2,1H3. The molecule has 1 atom stereocenters. The number of hydrogen-bond acceptors (Lipinski definition) is 3. The SMILES string of the molecule is CCCCCOC1CCC(=O)N1C(=O)c1cccc(C(F)(F)F)c1. The number of alkyl halides is 3. The van der Waals surface area contributed by atoms with Gasteiger partial charge in [-0.25, -0.2) is 0 Å². The van der Waals surface area contributed by atoms with Crippen molar-refractivity contribution in [2.45, 2.75) is 51.4 Å². The molecule has 0 spiro atoms. The first kappa shape index (κ1) is 18.4. The number of amides is 2. The Morgan fingerprint density at radius 3 is 2.75 bits per heavy atom. The van der Waals surface area contributed by atoms with Gasteiger partial charge in [0.2, 0.25) is 5.91 Å². The smallest absolute Gasteiger partial charge is 0.358 e. The van der Waals surface area contributed by atoms with Crippen molar-refractivity contribution in [3.05, 3.63) is 35.4 Å². The number of imide groups is 1. The molecular weight excluding hydrogens is 323 g/mol. The van der Waals surface area contributed by atoms with Crippen molar-refractivity contribution >= 4 is 11.8 Å². The van der Waals surface area contributed by atoms with Crippen molar-refractivity contribution < 1.29 is 27.5 Å². The summed E-state index contributed by atoms with van der Waals surface area (Å²) in [4.78, 5) is 25.4. The third-order valence-electron chi connectivity index (χ3n) is 3.88. The lowest BCUT2D eigenvalue weighted by Gasteiger charge is -2.23. The number of hydrogen-bond donors (Lipinski definition) is 0. The Balaban J connectivity index is 2.12. The number of carbonyl (C=O) groups excluding carboxylic acids is 2. The molecule has 1 unspecified atom stereocenters. The number of nitrogens with zero attached hydrogens (tertiary/aromatic N) is 1. The largest absolute Gasteiger partial charge is 0.416 e. The van der Waals surface area contributed by atoms with Crippen LogP contribution < -0.4 is 0 Å². The molecule has 1 saturated heterocycles. The van der Waals surface area contributed by atoms with Crippen LogP contribution >= 0.6 is 0 Å². The fraction of sp³-hybridized carbons (Fsp3) is 0.529. The van der Waals surface area contributed by atoms with E-state index < -0.39 is 29.8 Å². The van der Waals surface area contributed by atoms with Gasteiger partial charge in [-0.15, -0.1) is 0 Å². The molecule has 2 amide bonds. The third-order valence-corrected chi connectivity index (χ3v) is 3.88. The number of halogens is 3. The maximum Gasteiger partial charge on any atom is 0.416 e. The van der Waals surface area contributed by atoms with Gasteiger partial charge < -0.3 is 4.74 Å². The maximum absolute atomic E-state index is 12.8.